The molecule has 1 aromatic rings. The van der Waals surface area contributed by atoms with Crippen LogP contribution >= 0.6 is 0 Å². The summed E-state index contributed by atoms with van der Waals surface area (Å²) < 4.78 is 27.1. The van der Waals surface area contributed by atoms with E-state index in [1.807, 2.05) is 6.07 Å². The molecule has 0 radical (unpaired) electrons. The summed E-state index contributed by atoms with van der Waals surface area (Å²) in [5, 5.41) is 11.3. The highest BCUT2D eigenvalue weighted by Crippen LogP contribution is 2.23. The summed E-state index contributed by atoms with van der Waals surface area (Å²) in [7, 11) is -3.01. The molecule has 1 amide bonds. The summed E-state index contributed by atoms with van der Waals surface area (Å²) in [6.45, 7) is 0.0385. The van der Waals surface area contributed by atoms with Crippen molar-refractivity contribution < 1.29 is 27.9 Å². The second-order valence-electron chi connectivity index (χ2n) is 5.28. The topological polar surface area (TPSA) is 110 Å². The van der Waals surface area contributed by atoms with E-state index in [4.69, 9.17) is 9.84 Å². The van der Waals surface area contributed by atoms with E-state index in [-0.39, 0.29) is 30.5 Å². The van der Waals surface area contributed by atoms with Crippen LogP contribution in [-0.2, 0) is 26.0 Å². The smallest absolute Gasteiger partial charge is 0.408 e. The number of hydrogen-bond donors (Lipinski definition) is 2. The lowest BCUT2D eigenvalue weighted by molar-refractivity contribution is -0.139. The summed E-state index contributed by atoms with van der Waals surface area (Å²) >= 11 is 0. The molecule has 1 fully saturated rings. The summed E-state index contributed by atoms with van der Waals surface area (Å²) in [6, 6.07) is 7.84. The highest BCUT2D eigenvalue weighted by atomic mass is 32.2. The molecular weight excluding hydrogens is 310 g/mol. The first-order valence-electron chi connectivity index (χ1n) is 6.76. The van der Waals surface area contributed by atoms with Crippen LogP contribution in [0.15, 0.2) is 30.3 Å². The number of amides is 1. The van der Waals surface area contributed by atoms with Crippen LogP contribution in [0.3, 0.4) is 0 Å². The molecule has 0 bridgehead atoms. The minimum absolute atomic E-state index is 0.0302. The van der Waals surface area contributed by atoms with E-state index in [9.17, 15) is 18.0 Å². The van der Waals surface area contributed by atoms with Crippen LogP contribution < -0.4 is 5.32 Å². The van der Waals surface area contributed by atoms with Crippen molar-refractivity contribution in [3.05, 3.63) is 35.9 Å². The lowest BCUT2D eigenvalue weighted by atomic mass is 10.0. The molecular formula is C14H17NO6S. The number of carboxylic acid groups (broad SMARTS) is 1. The molecule has 7 nitrogen and oxygen atoms in total. The third kappa shape index (κ3) is 4.73. The number of carbonyl (C=O) groups excluding carboxylic acids is 1. The highest BCUT2D eigenvalue weighted by Gasteiger charge is 2.37. The molecule has 2 N–H and O–H groups in total. The van der Waals surface area contributed by atoms with E-state index >= 15 is 0 Å². The van der Waals surface area contributed by atoms with Crippen LogP contribution in [0.25, 0.3) is 0 Å². The third-order valence-corrected chi connectivity index (χ3v) is 5.31. The van der Waals surface area contributed by atoms with Gasteiger partial charge in [-0.05, 0) is 17.9 Å². The van der Waals surface area contributed by atoms with Gasteiger partial charge in [0.05, 0.1) is 11.5 Å². The molecule has 8 heteroatoms. The standard InChI is InChI=1S/C14H17NO6S/c16-13(17)12(6-11-8-22(19,20)9-11)15-14(18)21-7-10-4-2-1-3-5-10/h1-5,11-12H,6-9H2,(H,15,18)(H,16,17). The zero-order valence-electron chi connectivity index (χ0n) is 11.8. The molecule has 1 saturated heterocycles. The SMILES string of the molecule is O=C(NC(CC1CS(=O)(=O)C1)C(=O)O)OCc1ccccc1. The maximum Gasteiger partial charge on any atom is 0.408 e. The van der Waals surface area contributed by atoms with Crippen molar-refractivity contribution in [2.75, 3.05) is 11.5 Å². The molecule has 1 unspecified atom stereocenters. The maximum atomic E-state index is 11.6. The molecule has 1 atom stereocenters. The Bertz CT molecular complexity index is 631. The number of alkyl carbamates (subject to hydrolysis) is 1. The Hall–Kier alpha value is -2.09. The molecule has 120 valence electrons. The number of rotatable bonds is 6. The van der Waals surface area contributed by atoms with Crippen molar-refractivity contribution in [1.29, 1.82) is 0 Å². The van der Waals surface area contributed by atoms with Gasteiger partial charge in [-0.3, -0.25) is 0 Å². The first kappa shape index (κ1) is 16.3. The normalized spacial score (nSPS) is 18.0. The number of benzene rings is 1. The van der Waals surface area contributed by atoms with Gasteiger partial charge in [-0.1, -0.05) is 30.3 Å². The number of hydrogen-bond acceptors (Lipinski definition) is 5. The Labute approximate surface area is 128 Å². The zero-order chi connectivity index (χ0) is 16.2. The second-order valence-corrected chi connectivity index (χ2v) is 7.43. The van der Waals surface area contributed by atoms with Crippen molar-refractivity contribution in [2.45, 2.75) is 19.1 Å². The molecule has 0 aromatic heterocycles. The average Bonchev–Trinajstić information content (AvgIpc) is 2.43. The molecule has 0 aliphatic carbocycles. The van der Waals surface area contributed by atoms with Gasteiger partial charge in [-0.15, -0.1) is 0 Å². The fourth-order valence-corrected chi connectivity index (χ4v) is 3.88. The van der Waals surface area contributed by atoms with Crippen molar-refractivity contribution in [3.8, 4) is 0 Å². The van der Waals surface area contributed by atoms with Gasteiger partial charge in [0.25, 0.3) is 0 Å². The van der Waals surface area contributed by atoms with Crippen molar-refractivity contribution in [3.63, 3.8) is 0 Å². The van der Waals surface area contributed by atoms with Gasteiger partial charge in [-0.2, -0.15) is 0 Å². The van der Waals surface area contributed by atoms with E-state index in [1.54, 1.807) is 24.3 Å². The molecule has 1 aliphatic heterocycles. The number of carbonyl (C=O) groups is 2. The predicted molar refractivity (Wildman–Crippen MR) is 77.9 cm³/mol. The van der Waals surface area contributed by atoms with Crippen molar-refractivity contribution in [1.82, 2.24) is 5.32 Å². The van der Waals surface area contributed by atoms with Crippen molar-refractivity contribution >= 4 is 21.9 Å². The van der Waals surface area contributed by atoms with Crippen molar-refractivity contribution in [2.24, 2.45) is 5.92 Å². The van der Waals surface area contributed by atoms with Crippen LogP contribution in [0, 0.1) is 5.92 Å². The zero-order valence-corrected chi connectivity index (χ0v) is 12.6. The van der Waals surface area contributed by atoms with E-state index in [2.05, 4.69) is 5.32 Å². The molecule has 2 rings (SSSR count). The first-order valence-corrected chi connectivity index (χ1v) is 8.58. The van der Waals surface area contributed by atoms with Gasteiger partial charge in [-0.25, -0.2) is 18.0 Å². The van der Waals surface area contributed by atoms with E-state index in [1.165, 1.54) is 0 Å². The molecule has 1 aliphatic rings. The summed E-state index contributed by atoms with van der Waals surface area (Å²) in [4.78, 5) is 22.8. The first-order chi connectivity index (χ1) is 10.4. The fourth-order valence-electron chi connectivity index (χ4n) is 2.27. The Morgan fingerprint density at radius 2 is 1.91 bits per heavy atom. The van der Waals surface area contributed by atoms with E-state index < -0.39 is 27.9 Å². The largest absolute Gasteiger partial charge is 0.480 e. The number of nitrogens with one attached hydrogen (secondary N) is 1. The molecule has 1 aromatic carbocycles. The fraction of sp³-hybridized carbons (Fsp3) is 0.429. The monoisotopic (exact) mass is 327 g/mol. The maximum absolute atomic E-state index is 11.6. The average molecular weight is 327 g/mol. The predicted octanol–water partition coefficient (Wildman–Crippen LogP) is 0.801. The summed E-state index contributed by atoms with van der Waals surface area (Å²) in [5.41, 5.74) is 0.787. The Morgan fingerprint density at radius 1 is 1.27 bits per heavy atom. The highest BCUT2D eigenvalue weighted by molar-refractivity contribution is 7.92. The molecule has 0 spiro atoms. The Balaban J connectivity index is 1.80. The molecule has 22 heavy (non-hydrogen) atoms. The van der Waals surface area contributed by atoms with Crippen LogP contribution in [0.4, 0.5) is 4.79 Å². The van der Waals surface area contributed by atoms with Gasteiger partial charge in [0, 0.05) is 0 Å². The van der Waals surface area contributed by atoms with Gasteiger partial charge >= 0.3 is 12.1 Å². The van der Waals surface area contributed by atoms with Gasteiger partial charge in [0.1, 0.15) is 12.6 Å². The van der Waals surface area contributed by atoms with Gasteiger partial charge in [0.15, 0.2) is 9.84 Å². The number of carboxylic acids is 1. The van der Waals surface area contributed by atoms with E-state index in [0.29, 0.717) is 0 Å². The van der Waals surface area contributed by atoms with E-state index in [0.717, 1.165) is 5.56 Å². The van der Waals surface area contributed by atoms with Crippen LogP contribution in [0.2, 0.25) is 0 Å². The number of ether oxygens (including phenoxy) is 1. The Morgan fingerprint density at radius 3 is 2.45 bits per heavy atom. The quantitative estimate of drug-likeness (QED) is 0.800. The third-order valence-electron chi connectivity index (χ3n) is 3.35. The minimum atomic E-state index is -3.01. The van der Waals surface area contributed by atoms with Gasteiger partial charge in [0.2, 0.25) is 0 Å². The number of aliphatic carboxylic acids is 1. The van der Waals surface area contributed by atoms with Crippen LogP contribution in [0.1, 0.15) is 12.0 Å². The molecule has 0 saturated carbocycles. The van der Waals surface area contributed by atoms with Gasteiger partial charge < -0.3 is 15.2 Å². The summed E-state index contributed by atoms with van der Waals surface area (Å²) in [5.74, 6) is -1.50. The lowest BCUT2D eigenvalue weighted by Crippen LogP contribution is -2.47. The summed E-state index contributed by atoms with van der Waals surface area (Å²) in [6.07, 6.45) is -0.756. The number of sulfone groups is 1. The lowest BCUT2D eigenvalue weighted by Gasteiger charge is -2.28. The van der Waals surface area contributed by atoms with Crippen LogP contribution in [0.5, 0.6) is 0 Å². The Kier molecular flexibility index (Phi) is 5.02. The minimum Gasteiger partial charge on any atom is -0.480 e. The molecule has 1 heterocycles. The van der Waals surface area contributed by atoms with Crippen LogP contribution in [-0.4, -0.2) is 43.1 Å². The second kappa shape index (κ2) is 6.78.